The molecule has 0 aromatic rings. The van der Waals surface area contributed by atoms with E-state index in [0.29, 0.717) is 17.1 Å². The molecule has 1 saturated heterocycles. The second-order valence-corrected chi connectivity index (χ2v) is 5.43. The summed E-state index contributed by atoms with van der Waals surface area (Å²) >= 11 is 0. The summed E-state index contributed by atoms with van der Waals surface area (Å²) in [6.07, 6.45) is 0.929. The van der Waals surface area contributed by atoms with Gasteiger partial charge in [-0.1, -0.05) is 5.16 Å². The molecule has 0 aliphatic carbocycles. The summed E-state index contributed by atoms with van der Waals surface area (Å²) in [5, 5.41) is 11.2. The number of amidine groups is 1. The van der Waals surface area contributed by atoms with Gasteiger partial charge in [-0.05, 0) is 12.8 Å². The van der Waals surface area contributed by atoms with Crippen LogP contribution in [0.25, 0.3) is 0 Å². The second kappa shape index (κ2) is 4.91. The molecule has 1 rings (SSSR count). The maximum absolute atomic E-state index is 12.3. The van der Waals surface area contributed by atoms with Gasteiger partial charge in [-0.25, -0.2) is 8.42 Å². The first-order chi connectivity index (χ1) is 7.39. The largest absolute Gasteiger partial charge is 0.409 e. The van der Waals surface area contributed by atoms with Crippen molar-refractivity contribution < 1.29 is 22.4 Å². The molecule has 1 aliphatic heterocycles. The van der Waals surface area contributed by atoms with Crippen LogP contribution in [-0.2, 0) is 10.0 Å². The lowest BCUT2D eigenvalue weighted by Gasteiger charge is -2.30. The van der Waals surface area contributed by atoms with Crippen molar-refractivity contribution in [3.8, 4) is 0 Å². The Morgan fingerprint density at radius 2 is 2.19 bits per heavy atom. The van der Waals surface area contributed by atoms with E-state index in [1.54, 1.807) is 0 Å². The molecule has 1 aliphatic rings. The lowest BCUT2D eigenvalue weighted by molar-refractivity contribution is 0.208. The van der Waals surface area contributed by atoms with Crippen molar-refractivity contribution in [3.05, 3.63) is 0 Å². The van der Waals surface area contributed by atoms with Gasteiger partial charge in [0.15, 0.2) is 0 Å². The topological polar surface area (TPSA) is 96.0 Å². The van der Waals surface area contributed by atoms with Crippen molar-refractivity contribution in [2.75, 3.05) is 13.1 Å². The Morgan fingerprint density at radius 1 is 1.56 bits per heavy atom. The van der Waals surface area contributed by atoms with Crippen molar-refractivity contribution in [2.45, 2.75) is 18.6 Å². The van der Waals surface area contributed by atoms with Crippen LogP contribution in [0.15, 0.2) is 5.16 Å². The second-order valence-electron chi connectivity index (χ2n) is 3.53. The van der Waals surface area contributed by atoms with Crippen LogP contribution in [0.4, 0.5) is 8.78 Å². The van der Waals surface area contributed by atoms with E-state index in [1.165, 1.54) is 0 Å². The Hall–Kier alpha value is -0.960. The first-order valence-electron chi connectivity index (χ1n) is 4.64. The van der Waals surface area contributed by atoms with Crippen LogP contribution < -0.4 is 5.73 Å². The van der Waals surface area contributed by atoms with Crippen LogP contribution >= 0.6 is 0 Å². The van der Waals surface area contributed by atoms with Gasteiger partial charge >= 0.3 is 5.76 Å². The van der Waals surface area contributed by atoms with E-state index in [4.69, 9.17) is 10.9 Å². The van der Waals surface area contributed by atoms with Crippen LogP contribution in [0.1, 0.15) is 12.8 Å². The number of alkyl halides is 2. The number of sulfonamides is 1. The molecule has 94 valence electrons. The summed E-state index contributed by atoms with van der Waals surface area (Å²) < 4.78 is 47.6. The van der Waals surface area contributed by atoms with E-state index in [1.807, 2.05) is 0 Å². The molecule has 0 aromatic heterocycles. The Labute approximate surface area is 91.8 Å². The molecule has 0 amide bonds. The zero-order chi connectivity index (χ0) is 12.3. The van der Waals surface area contributed by atoms with E-state index in [9.17, 15) is 17.2 Å². The van der Waals surface area contributed by atoms with Crippen molar-refractivity contribution in [3.63, 3.8) is 0 Å². The average Bonchev–Trinajstić information content (AvgIpc) is 2.28. The number of rotatable bonds is 3. The summed E-state index contributed by atoms with van der Waals surface area (Å²) in [4.78, 5) is 0. The first kappa shape index (κ1) is 13.1. The predicted molar refractivity (Wildman–Crippen MR) is 52.6 cm³/mol. The minimum absolute atomic E-state index is 0.0435. The molecule has 0 radical (unpaired) electrons. The third-order valence-corrected chi connectivity index (χ3v) is 4.00. The molecule has 9 heteroatoms. The highest BCUT2D eigenvalue weighted by Crippen LogP contribution is 2.22. The summed E-state index contributed by atoms with van der Waals surface area (Å²) in [6, 6.07) is 0. The van der Waals surface area contributed by atoms with Gasteiger partial charge in [0.1, 0.15) is 5.84 Å². The van der Waals surface area contributed by atoms with Gasteiger partial charge in [0.05, 0.1) is 0 Å². The molecular weight excluding hydrogens is 244 g/mol. The fourth-order valence-corrected chi connectivity index (χ4v) is 2.61. The fraction of sp³-hybridized carbons (Fsp3) is 0.857. The van der Waals surface area contributed by atoms with Gasteiger partial charge in [-0.2, -0.15) is 13.1 Å². The number of hydrogen-bond donors (Lipinski definition) is 2. The SMILES string of the molecule is NC(=NO)C1CCCN(S(=O)(=O)C(F)F)C1. The minimum atomic E-state index is -4.57. The maximum Gasteiger partial charge on any atom is 0.350 e. The van der Waals surface area contributed by atoms with Crippen molar-refractivity contribution in [2.24, 2.45) is 16.8 Å². The Balaban J connectivity index is 2.79. The highest BCUT2D eigenvalue weighted by atomic mass is 32.2. The molecule has 0 spiro atoms. The molecule has 1 unspecified atom stereocenters. The molecule has 16 heavy (non-hydrogen) atoms. The zero-order valence-electron chi connectivity index (χ0n) is 8.38. The van der Waals surface area contributed by atoms with Gasteiger partial charge < -0.3 is 10.9 Å². The average molecular weight is 257 g/mol. The highest BCUT2D eigenvalue weighted by Gasteiger charge is 2.36. The number of oxime groups is 1. The molecule has 0 bridgehead atoms. The molecule has 0 saturated carbocycles. The Morgan fingerprint density at radius 3 is 2.69 bits per heavy atom. The number of piperidine rings is 1. The normalized spacial score (nSPS) is 24.9. The van der Waals surface area contributed by atoms with Gasteiger partial charge in [0.25, 0.3) is 10.0 Å². The van der Waals surface area contributed by atoms with Gasteiger partial charge in [-0.15, -0.1) is 0 Å². The predicted octanol–water partition coefficient (Wildman–Crippen LogP) is -0.00280. The molecule has 3 N–H and O–H groups in total. The minimum Gasteiger partial charge on any atom is -0.409 e. The summed E-state index contributed by atoms with van der Waals surface area (Å²) in [5.74, 6) is -4.07. The third kappa shape index (κ3) is 2.59. The third-order valence-electron chi connectivity index (χ3n) is 2.50. The molecular formula is C7H13F2N3O3S. The maximum atomic E-state index is 12.3. The lowest BCUT2D eigenvalue weighted by Crippen LogP contribution is -2.45. The van der Waals surface area contributed by atoms with Gasteiger partial charge in [0, 0.05) is 19.0 Å². The molecule has 1 fully saturated rings. The molecule has 0 aromatic carbocycles. The Bertz CT molecular complexity index is 371. The summed E-state index contributed by atoms with van der Waals surface area (Å²) in [6.45, 7) is -0.121. The summed E-state index contributed by atoms with van der Waals surface area (Å²) in [7, 11) is -4.57. The van der Waals surface area contributed by atoms with Gasteiger partial charge in [-0.3, -0.25) is 0 Å². The van der Waals surface area contributed by atoms with E-state index < -0.39 is 21.7 Å². The van der Waals surface area contributed by atoms with E-state index in [-0.39, 0.29) is 18.9 Å². The lowest BCUT2D eigenvalue weighted by atomic mass is 9.99. The number of hydrogen-bond acceptors (Lipinski definition) is 4. The van der Waals surface area contributed by atoms with Crippen molar-refractivity contribution >= 4 is 15.9 Å². The highest BCUT2D eigenvalue weighted by molar-refractivity contribution is 7.89. The fourth-order valence-electron chi connectivity index (χ4n) is 1.61. The van der Waals surface area contributed by atoms with Crippen LogP contribution in [0, 0.1) is 5.92 Å². The Kier molecular flexibility index (Phi) is 4.03. The first-order valence-corrected chi connectivity index (χ1v) is 6.14. The van der Waals surface area contributed by atoms with Crippen molar-refractivity contribution in [1.29, 1.82) is 0 Å². The summed E-state index contributed by atoms with van der Waals surface area (Å²) in [5.41, 5.74) is 5.32. The molecule has 1 heterocycles. The van der Waals surface area contributed by atoms with Crippen LogP contribution in [0.3, 0.4) is 0 Å². The van der Waals surface area contributed by atoms with E-state index in [2.05, 4.69) is 5.16 Å². The number of halogens is 2. The van der Waals surface area contributed by atoms with Crippen LogP contribution in [0.5, 0.6) is 0 Å². The van der Waals surface area contributed by atoms with Crippen LogP contribution in [-0.4, -0.2) is 42.6 Å². The van der Waals surface area contributed by atoms with Gasteiger partial charge in [0.2, 0.25) is 0 Å². The van der Waals surface area contributed by atoms with Crippen LogP contribution in [0.2, 0.25) is 0 Å². The van der Waals surface area contributed by atoms with E-state index in [0.717, 1.165) is 0 Å². The standard InChI is InChI=1S/C7H13F2N3O3S/c8-7(9)16(14,15)12-3-1-2-5(4-12)6(10)11-13/h5,7,13H,1-4H2,(H2,10,11). The quantitative estimate of drug-likeness (QED) is 0.322. The molecule has 6 nitrogen and oxygen atoms in total. The number of nitrogens with zero attached hydrogens (tertiary/aromatic N) is 2. The smallest absolute Gasteiger partial charge is 0.350 e. The monoisotopic (exact) mass is 257 g/mol. The number of nitrogens with two attached hydrogens (primary N) is 1. The van der Waals surface area contributed by atoms with Crippen molar-refractivity contribution in [1.82, 2.24) is 4.31 Å². The molecule has 1 atom stereocenters. The van der Waals surface area contributed by atoms with E-state index >= 15 is 0 Å². The zero-order valence-corrected chi connectivity index (χ0v) is 9.20.